The zero-order chi connectivity index (χ0) is 14.4. The van der Waals surface area contributed by atoms with Crippen LogP contribution in [-0.2, 0) is 6.42 Å². The van der Waals surface area contributed by atoms with Crippen LogP contribution in [0.2, 0.25) is 0 Å². The van der Waals surface area contributed by atoms with Crippen molar-refractivity contribution in [3.05, 3.63) is 27.7 Å². The largest absolute Gasteiger partial charge is 0.493 e. The molecule has 106 valence electrons. The Morgan fingerprint density at radius 2 is 1.84 bits per heavy atom. The molecule has 0 saturated carbocycles. The lowest BCUT2D eigenvalue weighted by Crippen LogP contribution is -2.42. The number of benzene rings is 1. The van der Waals surface area contributed by atoms with Gasteiger partial charge in [0.25, 0.3) is 0 Å². The van der Waals surface area contributed by atoms with E-state index in [2.05, 4.69) is 15.9 Å². The van der Waals surface area contributed by atoms with Crippen molar-refractivity contribution in [1.82, 2.24) is 0 Å². The van der Waals surface area contributed by atoms with Gasteiger partial charge in [-0.3, -0.25) is 0 Å². The summed E-state index contributed by atoms with van der Waals surface area (Å²) in [5, 5.41) is 9.40. The lowest BCUT2D eigenvalue weighted by Gasteiger charge is -2.26. The third kappa shape index (κ3) is 2.43. The van der Waals surface area contributed by atoms with Gasteiger partial charge in [-0.15, -0.1) is 0 Å². The SMILES string of the molecule is OC(c1cc(Br)cc2c1OCC2)C(F)(F)C(F)(F)F. The van der Waals surface area contributed by atoms with Gasteiger partial charge in [0, 0.05) is 16.5 Å². The molecule has 0 fully saturated rings. The molecular formula is C11H8BrF5O2. The maximum atomic E-state index is 13.2. The zero-order valence-corrected chi connectivity index (χ0v) is 10.9. The highest BCUT2D eigenvalue weighted by atomic mass is 79.9. The van der Waals surface area contributed by atoms with Crippen molar-refractivity contribution in [1.29, 1.82) is 0 Å². The van der Waals surface area contributed by atoms with Crippen LogP contribution >= 0.6 is 15.9 Å². The minimum atomic E-state index is -5.83. The molecule has 0 amide bonds. The molecule has 0 bridgehead atoms. The van der Waals surface area contributed by atoms with Gasteiger partial charge >= 0.3 is 12.1 Å². The monoisotopic (exact) mass is 346 g/mol. The van der Waals surface area contributed by atoms with Crippen LogP contribution in [0.15, 0.2) is 16.6 Å². The third-order valence-electron chi connectivity index (χ3n) is 2.79. The summed E-state index contributed by atoms with van der Waals surface area (Å²) in [7, 11) is 0. The number of aliphatic hydroxyl groups is 1. The lowest BCUT2D eigenvalue weighted by molar-refractivity contribution is -0.315. The predicted octanol–water partition coefficient (Wildman–Crippen LogP) is 3.62. The van der Waals surface area contributed by atoms with Crippen molar-refractivity contribution < 1.29 is 31.8 Å². The fourth-order valence-corrected chi connectivity index (χ4v) is 2.37. The summed E-state index contributed by atoms with van der Waals surface area (Å²) in [6.07, 6.45) is -8.44. The van der Waals surface area contributed by atoms with Crippen molar-refractivity contribution in [2.24, 2.45) is 0 Å². The Balaban J connectivity index is 2.48. The van der Waals surface area contributed by atoms with E-state index in [1.807, 2.05) is 0 Å². The molecule has 0 spiro atoms. The van der Waals surface area contributed by atoms with Crippen LogP contribution in [-0.4, -0.2) is 23.8 Å². The summed E-state index contributed by atoms with van der Waals surface area (Å²) in [5.74, 6) is -5.34. The van der Waals surface area contributed by atoms with Crippen molar-refractivity contribution in [2.45, 2.75) is 24.6 Å². The number of rotatable bonds is 2. The molecule has 0 aromatic heterocycles. The fraction of sp³-hybridized carbons (Fsp3) is 0.455. The molecule has 8 heteroatoms. The summed E-state index contributed by atoms with van der Waals surface area (Å²) < 4.78 is 68.4. The Labute approximate surface area is 113 Å². The number of aliphatic hydroxyl groups excluding tert-OH is 1. The molecule has 19 heavy (non-hydrogen) atoms. The number of hydrogen-bond acceptors (Lipinski definition) is 2. The average Bonchev–Trinajstić information content (AvgIpc) is 2.72. The molecule has 2 nitrogen and oxygen atoms in total. The van der Waals surface area contributed by atoms with Gasteiger partial charge in [0.2, 0.25) is 0 Å². The van der Waals surface area contributed by atoms with E-state index >= 15 is 0 Å². The number of alkyl halides is 5. The molecule has 1 aliphatic heterocycles. The van der Waals surface area contributed by atoms with Crippen LogP contribution in [0, 0.1) is 0 Å². The molecule has 1 aliphatic rings. The smallest absolute Gasteiger partial charge is 0.456 e. The van der Waals surface area contributed by atoms with Crippen LogP contribution in [0.25, 0.3) is 0 Å². The third-order valence-corrected chi connectivity index (χ3v) is 3.25. The van der Waals surface area contributed by atoms with Crippen LogP contribution in [0.4, 0.5) is 22.0 Å². The van der Waals surface area contributed by atoms with Gasteiger partial charge in [-0.05, 0) is 17.7 Å². The van der Waals surface area contributed by atoms with Gasteiger partial charge in [-0.25, -0.2) is 0 Å². The van der Waals surface area contributed by atoms with E-state index in [4.69, 9.17) is 4.74 Å². The minimum absolute atomic E-state index is 0.0976. The van der Waals surface area contributed by atoms with Crippen molar-refractivity contribution in [2.75, 3.05) is 6.61 Å². The second-order valence-corrected chi connectivity index (χ2v) is 5.02. The molecule has 1 heterocycles. The molecule has 0 radical (unpaired) electrons. The Kier molecular flexibility index (Phi) is 3.51. The Bertz CT molecular complexity index is 501. The van der Waals surface area contributed by atoms with Crippen molar-refractivity contribution in [3.63, 3.8) is 0 Å². The first-order valence-electron chi connectivity index (χ1n) is 5.22. The summed E-state index contributed by atoms with van der Waals surface area (Å²) in [6, 6.07) is 2.57. The average molecular weight is 347 g/mol. The van der Waals surface area contributed by atoms with Gasteiger partial charge in [0.05, 0.1) is 6.61 Å². The first-order chi connectivity index (χ1) is 8.64. The highest BCUT2D eigenvalue weighted by Crippen LogP contribution is 2.48. The second-order valence-electron chi connectivity index (χ2n) is 4.10. The molecule has 1 aromatic carbocycles. The quantitative estimate of drug-likeness (QED) is 0.829. The lowest BCUT2D eigenvalue weighted by atomic mass is 9.99. The van der Waals surface area contributed by atoms with Gasteiger partial charge < -0.3 is 9.84 Å². The fourth-order valence-electron chi connectivity index (χ4n) is 1.85. The number of ether oxygens (including phenoxy) is 1. The molecule has 2 rings (SSSR count). The second kappa shape index (κ2) is 4.59. The summed E-state index contributed by atoms with van der Waals surface area (Å²) in [5.41, 5.74) is -0.0781. The highest BCUT2D eigenvalue weighted by molar-refractivity contribution is 9.10. The summed E-state index contributed by atoms with van der Waals surface area (Å²) in [6.45, 7) is 0.184. The molecule has 0 aliphatic carbocycles. The number of fused-ring (bicyclic) bond motifs is 1. The molecule has 1 aromatic rings. The predicted molar refractivity (Wildman–Crippen MR) is 59.3 cm³/mol. The first kappa shape index (κ1) is 14.5. The van der Waals surface area contributed by atoms with E-state index in [9.17, 15) is 27.1 Å². The molecule has 1 N–H and O–H groups in total. The Morgan fingerprint density at radius 1 is 1.21 bits per heavy atom. The number of halogens is 6. The maximum Gasteiger partial charge on any atom is 0.456 e. The standard InChI is InChI=1S/C11H8BrF5O2/c12-6-3-5-1-2-19-8(5)7(4-6)9(18)10(13,14)11(15,16)17/h3-4,9,18H,1-2H2. The van der Waals surface area contributed by atoms with E-state index < -0.39 is 23.8 Å². The molecule has 0 saturated heterocycles. The molecule has 1 atom stereocenters. The molecule has 1 unspecified atom stereocenters. The summed E-state index contributed by atoms with van der Waals surface area (Å²) in [4.78, 5) is 0. The van der Waals surface area contributed by atoms with E-state index in [1.54, 1.807) is 6.07 Å². The maximum absolute atomic E-state index is 13.2. The summed E-state index contributed by atoms with van der Waals surface area (Å²) >= 11 is 3.01. The van der Waals surface area contributed by atoms with Crippen LogP contribution in [0.1, 0.15) is 17.2 Å². The molecular weight excluding hydrogens is 339 g/mol. The van der Waals surface area contributed by atoms with Gasteiger partial charge in [-0.1, -0.05) is 15.9 Å². The van der Waals surface area contributed by atoms with Gasteiger partial charge in [0.15, 0.2) is 6.10 Å². The normalized spacial score (nSPS) is 17.0. The minimum Gasteiger partial charge on any atom is -0.493 e. The van der Waals surface area contributed by atoms with E-state index in [0.29, 0.717) is 16.5 Å². The van der Waals surface area contributed by atoms with Crippen LogP contribution in [0.5, 0.6) is 5.75 Å². The van der Waals surface area contributed by atoms with E-state index in [0.717, 1.165) is 6.07 Å². The van der Waals surface area contributed by atoms with E-state index in [1.165, 1.54) is 0 Å². The Hall–Kier alpha value is -0.890. The van der Waals surface area contributed by atoms with Crippen molar-refractivity contribution >= 4 is 15.9 Å². The highest BCUT2D eigenvalue weighted by Gasteiger charge is 2.63. The number of hydrogen-bond donors (Lipinski definition) is 1. The topological polar surface area (TPSA) is 29.5 Å². The van der Waals surface area contributed by atoms with Crippen molar-refractivity contribution in [3.8, 4) is 5.75 Å². The Morgan fingerprint density at radius 3 is 2.42 bits per heavy atom. The van der Waals surface area contributed by atoms with E-state index in [-0.39, 0.29) is 12.4 Å². The van der Waals surface area contributed by atoms with Gasteiger partial charge in [0.1, 0.15) is 5.75 Å². The zero-order valence-electron chi connectivity index (χ0n) is 9.27. The van der Waals surface area contributed by atoms with Crippen LogP contribution < -0.4 is 4.74 Å². The first-order valence-corrected chi connectivity index (χ1v) is 6.01. The van der Waals surface area contributed by atoms with Gasteiger partial charge in [-0.2, -0.15) is 22.0 Å². The van der Waals surface area contributed by atoms with Crippen LogP contribution in [0.3, 0.4) is 0 Å².